The number of fused-ring (bicyclic) bond motifs is 1. The van der Waals surface area contributed by atoms with Crippen LogP contribution in [0.5, 0.6) is 0 Å². The number of amides is 1. The molecule has 158 valence electrons. The smallest absolute Gasteiger partial charge is 0.334 e. The molecular weight excluding hydrogens is 397 g/mol. The van der Waals surface area contributed by atoms with Crippen molar-refractivity contribution in [2.24, 2.45) is 7.05 Å². The molecule has 0 saturated carbocycles. The van der Waals surface area contributed by atoms with Crippen molar-refractivity contribution in [1.29, 1.82) is 0 Å². The highest BCUT2D eigenvalue weighted by Gasteiger charge is 2.47. The van der Waals surface area contributed by atoms with Crippen LogP contribution in [0.4, 0.5) is 24.7 Å². The van der Waals surface area contributed by atoms with Crippen LogP contribution in [0.25, 0.3) is 11.0 Å². The lowest BCUT2D eigenvalue weighted by Crippen LogP contribution is -2.53. The summed E-state index contributed by atoms with van der Waals surface area (Å²) in [6.07, 6.45) is 1.06. The Bertz CT molecular complexity index is 1100. The number of imidazole rings is 1. The minimum Gasteiger partial charge on any atom is -0.334 e. The van der Waals surface area contributed by atoms with Crippen molar-refractivity contribution >= 4 is 28.4 Å². The van der Waals surface area contributed by atoms with Gasteiger partial charge in [-0.2, -0.15) is 13.2 Å². The van der Waals surface area contributed by atoms with Crippen molar-refractivity contribution in [2.45, 2.75) is 25.4 Å². The number of anilines is 2. The molecule has 0 N–H and O–H groups in total. The van der Waals surface area contributed by atoms with Crippen LogP contribution in [0.1, 0.15) is 24.1 Å². The van der Waals surface area contributed by atoms with Gasteiger partial charge in [-0.25, -0.2) is 9.97 Å². The van der Waals surface area contributed by atoms with Crippen molar-refractivity contribution in [3.8, 4) is 0 Å². The Kier molecular flexibility index (Phi) is 4.87. The maximum Gasteiger partial charge on any atom is 0.471 e. The standard InChI is InChI=1S/C20H21F3N6O/c1-4-12-5-14(13-9-29(10-13)19(30)20(21,22)23)24-8-17(12)28(3)18-6-16-15(7-25-18)26-11-27(16)2/h5-8,11,13H,4,9-10H2,1-3H3. The van der Waals surface area contributed by atoms with Gasteiger partial charge in [-0.05, 0) is 18.1 Å². The van der Waals surface area contributed by atoms with Crippen LogP contribution < -0.4 is 4.90 Å². The molecule has 4 rings (SSSR count). The van der Waals surface area contributed by atoms with Gasteiger partial charge in [-0.15, -0.1) is 0 Å². The Morgan fingerprint density at radius 1 is 1.20 bits per heavy atom. The summed E-state index contributed by atoms with van der Waals surface area (Å²) in [5.74, 6) is -1.24. The molecule has 0 spiro atoms. The molecular formula is C20H21F3N6O. The van der Waals surface area contributed by atoms with Crippen LogP contribution in [0, 0.1) is 0 Å². The number of aryl methyl sites for hydroxylation is 2. The number of halogens is 3. The molecule has 0 aliphatic carbocycles. The van der Waals surface area contributed by atoms with Gasteiger partial charge in [-0.1, -0.05) is 6.92 Å². The Morgan fingerprint density at radius 2 is 1.93 bits per heavy atom. The normalized spacial score (nSPS) is 14.8. The highest BCUT2D eigenvalue weighted by atomic mass is 19.4. The van der Waals surface area contributed by atoms with Crippen LogP contribution in [0.15, 0.2) is 30.9 Å². The van der Waals surface area contributed by atoms with Crippen molar-refractivity contribution < 1.29 is 18.0 Å². The van der Waals surface area contributed by atoms with Crippen LogP contribution in [0.2, 0.25) is 0 Å². The van der Waals surface area contributed by atoms with Crippen molar-refractivity contribution in [2.75, 3.05) is 25.0 Å². The van der Waals surface area contributed by atoms with Crippen LogP contribution >= 0.6 is 0 Å². The van der Waals surface area contributed by atoms with E-state index in [9.17, 15) is 18.0 Å². The lowest BCUT2D eigenvalue weighted by molar-refractivity contribution is -0.189. The molecule has 10 heteroatoms. The van der Waals surface area contributed by atoms with Gasteiger partial charge in [0, 0.05) is 44.9 Å². The van der Waals surface area contributed by atoms with Crippen molar-refractivity contribution in [1.82, 2.24) is 24.4 Å². The zero-order valence-electron chi connectivity index (χ0n) is 16.8. The van der Waals surface area contributed by atoms with Crippen LogP contribution in [-0.4, -0.2) is 56.6 Å². The lowest BCUT2D eigenvalue weighted by atomic mass is 9.94. The van der Waals surface area contributed by atoms with E-state index in [0.29, 0.717) is 5.69 Å². The molecule has 1 aliphatic heterocycles. The fourth-order valence-electron chi connectivity index (χ4n) is 3.65. The fraction of sp³-hybridized carbons (Fsp3) is 0.400. The third kappa shape index (κ3) is 3.46. The number of rotatable bonds is 4. The zero-order valence-corrected chi connectivity index (χ0v) is 16.8. The van der Waals surface area contributed by atoms with E-state index in [0.717, 1.165) is 39.4 Å². The number of carbonyl (C=O) groups excluding carboxylic acids is 1. The summed E-state index contributed by atoms with van der Waals surface area (Å²) in [6.45, 7) is 2.07. The largest absolute Gasteiger partial charge is 0.471 e. The lowest BCUT2D eigenvalue weighted by Gasteiger charge is -2.39. The maximum absolute atomic E-state index is 12.5. The first kappa shape index (κ1) is 20.1. The van der Waals surface area contributed by atoms with Gasteiger partial charge >= 0.3 is 12.1 Å². The Balaban J connectivity index is 1.55. The average Bonchev–Trinajstić information content (AvgIpc) is 3.05. The molecule has 0 radical (unpaired) electrons. The number of hydrogen-bond donors (Lipinski definition) is 0. The maximum atomic E-state index is 12.5. The summed E-state index contributed by atoms with van der Waals surface area (Å²) in [7, 11) is 3.81. The van der Waals surface area contributed by atoms with Gasteiger partial charge in [-0.3, -0.25) is 9.78 Å². The van der Waals surface area contributed by atoms with E-state index >= 15 is 0 Å². The van der Waals surface area contributed by atoms with E-state index in [-0.39, 0.29) is 19.0 Å². The van der Waals surface area contributed by atoms with E-state index in [4.69, 9.17) is 0 Å². The summed E-state index contributed by atoms with van der Waals surface area (Å²) in [4.78, 5) is 27.3. The van der Waals surface area contributed by atoms with Gasteiger partial charge < -0.3 is 14.4 Å². The SMILES string of the molecule is CCc1cc(C2CN(C(=O)C(F)(F)F)C2)ncc1N(C)c1cc2c(cn1)ncn2C. The van der Waals surface area contributed by atoms with E-state index < -0.39 is 12.1 Å². The number of aromatic nitrogens is 4. The summed E-state index contributed by atoms with van der Waals surface area (Å²) in [5, 5.41) is 0. The zero-order chi connectivity index (χ0) is 21.6. The summed E-state index contributed by atoms with van der Waals surface area (Å²) in [5.41, 5.74) is 4.35. The molecule has 4 heterocycles. The number of likely N-dealkylation sites (tertiary alicyclic amines) is 1. The summed E-state index contributed by atoms with van der Waals surface area (Å²) < 4.78 is 39.6. The molecule has 1 aliphatic rings. The van der Waals surface area contributed by atoms with E-state index in [1.165, 1.54) is 0 Å². The Labute approximate surface area is 171 Å². The molecule has 30 heavy (non-hydrogen) atoms. The number of nitrogens with zero attached hydrogens (tertiary/aromatic N) is 6. The van der Waals surface area contributed by atoms with E-state index in [1.54, 1.807) is 18.7 Å². The summed E-state index contributed by atoms with van der Waals surface area (Å²) in [6, 6.07) is 3.86. The molecule has 1 saturated heterocycles. The van der Waals surface area contributed by atoms with Crippen LogP contribution in [0.3, 0.4) is 0 Å². The van der Waals surface area contributed by atoms with Gasteiger partial charge in [0.05, 0.1) is 29.9 Å². The Hall–Kier alpha value is -3.17. The Morgan fingerprint density at radius 3 is 2.60 bits per heavy atom. The molecule has 3 aromatic heterocycles. The van der Waals surface area contributed by atoms with Gasteiger partial charge in [0.1, 0.15) is 11.3 Å². The average molecular weight is 418 g/mol. The molecule has 0 aromatic carbocycles. The van der Waals surface area contributed by atoms with E-state index in [2.05, 4.69) is 15.0 Å². The van der Waals surface area contributed by atoms with Crippen molar-refractivity contribution in [3.63, 3.8) is 0 Å². The third-order valence-corrected chi connectivity index (χ3v) is 5.50. The minimum atomic E-state index is -4.83. The van der Waals surface area contributed by atoms with Gasteiger partial charge in [0.25, 0.3) is 0 Å². The summed E-state index contributed by atoms with van der Waals surface area (Å²) >= 11 is 0. The monoisotopic (exact) mass is 418 g/mol. The molecule has 0 atom stereocenters. The topological polar surface area (TPSA) is 67.2 Å². The molecule has 0 bridgehead atoms. The molecule has 1 fully saturated rings. The first-order valence-electron chi connectivity index (χ1n) is 9.54. The molecule has 0 unspecified atom stereocenters. The minimum absolute atomic E-state index is 0.0302. The quantitative estimate of drug-likeness (QED) is 0.651. The fourth-order valence-corrected chi connectivity index (χ4v) is 3.65. The first-order chi connectivity index (χ1) is 14.2. The second kappa shape index (κ2) is 7.26. The van der Waals surface area contributed by atoms with Crippen LogP contribution in [-0.2, 0) is 18.3 Å². The number of hydrogen-bond acceptors (Lipinski definition) is 5. The second-order valence-corrected chi connectivity index (χ2v) is 7.44. The predicted octanol–water partition coefficient (Wildman–Crippen LogP) is 3.18. The highest BCUT2D eigenvalue weighted by molar-refractivity contribution is 5.83. The number of carbonyl (C=O) groups is 1. The molecule has 7 nitrogen and oxygen atoms in total. The number of alkyl halides is 3. The molecule has 3 aromatic rings. The molecule has 1 amide bonds. The van der Waals surface area contributed by atoms with Gasteiger partial charge in [0.2, 0.25) is 0 Å². The number of pyridine rings is 2. The second-order valence-electron chi connectivity index (χ2n) is 7.44. The predicted molar refractivity (Wildman–Crippen MR) is 106 cm³/mol. The first-order valence-corrected chi connectivity index (χ1v) is 9.54. The third-order valence-electron chi connectivity index (χ3n) is 5.50. The van der Waals surface area contributed by atoms with E-state index in [1.807, 2.05) is 42.6 Å². The van der Waals surface area contributed by atoms with Gasteiger partial charge in [0.15, 0.2) is 0 Å². The van der Waals surface area contributed by atoms with Crippen molar-refractivity contribution in [3.05, 3.63) is 42.1 Å². The highest BCUT2D eigenvalue weighted by Crippen LogP contribution is 2.33.